The molecule has 1 heterocycles. The quantitative estimate of drug-likeness (QED) is 0.838. The highest BCUT2D eigenvalue weighted by Gasteiger charge is 2.14. The van der Waals surface area contributed by atoms with Gasteiger partial charge in [-0.1, -0.05) is 39.0 Å². The zero-order valence-corrected chi connectivity index (χ0v) is 13.7. The smallest absolute Gasteiger partial charge is 0.133 e. The Balaban J connectivity index is 2.45. The predicted octanol–water partition coefficient (Wildman–Crippen LogP) is 3.83. The third-order valence-corrected chi connectivity index (χ3v) is 3.61. The first-order chi connectivity index (χ1) is 10.2. The molecule has 0 unspecified atom stereocenters. The van der Waals surface area contributed by atoms with Crippen LogP contribution in [0.1, 0.15) is 33.3 Å². The van der Waals surface area contributed by atoms with E-state index in [0.29, 0.717) is 5.92 Å². The van der Waals surface area contributed by atoms with E-state index in [-0.39, 0.29) is 0 Å². The van der Waals surface area contributed by atoms with Gasteiger partial charge in [0.05, 0.1) is 5.52 Å². The van der Waals surface area contributed by atoms with Gasteiger partial charge in [-0.25, -0.2) is 4.98 Å². The Morgan fingerprint density at radius 1 is 1.19 bits per heavy atom. The van der Waals surface area contributed by atoms with E-state index in [0.717, 1.165) is 37.5 Å². The summed E-state index contributed by atoms with van der Waals surface area (Å²) in [6, 6.07) is 10.6. The SMILES string of the molecule is CCNCc1cc2ccccc2nc1N(CC)CC(C)C. The number of pyridine rings is 1. The molecule has 0 fully saturated rings. The molecule has 0 radical (unpaired) electrons. The Morgan fingerprint density at radius 2 is 1.95 bits per heavy atom. The Labute approximate surface area is 128 Å². The van der Waals surface area contributed by atoms with Crippen LogP contribution in [0.4, 0.5) is 5.82 Å². The third kappa shape index (κ3) is 3.94. The number of para-hydroxylation sites is 1. The number of rotatable bonds is 7. The molecule has 0 aliphatic heterocycles. The second-order valence-electron chi connectivity index (χ2n) is 5.88. The van der Waals surface area contributed by atoms with Crippen LogP contribution in [0.25, 0.3) is 10.9 Å². The first kappa shape index (κ1) is 15.8. The zero-order valence-electron chi connectivity index (χ0n) is 13.7. The van der Waals surface area contributed by atoms with E-state index in [1.807, 2.05) is 0 Å². The number of fused-ring (bicyclic) bond motifs is 1. The van der Waals surface area contributed by atoms with Gasteiger partial charge in [-0.3, -0.25) is 0 Å². The minimum Gasteiger partial charge on any atom is -0.356 e. The molecule has 0 bridgehead atoms. The van der Waals surface area contributed by atoms with E-state index in [2.05, 4.69) is 68.2 Å². The van der Waals surface area contributed by atoms with Gasteiger partial charge in [-0.05, 0) is 31.5 Å². The van der Waals surface area contributed by atoms with Gasteiger partial charge in [0.2, 0.25) is 0 Å². The Hall–Kier alpha value is -1.61. The Morgan fingerprint density at radius 3 is 2.62 bits per heavy atom. The maximum absolute atomic E-state index is 4.94. The highest BCUT2D eigenvalue weighted by atomic mass is 15.2. The lowest BCUT2D eigenvalue weighted by molar-refractivity contribution is 0.611. The van der Waals surface area contributed by atoms with E-state index in [1.165, 1.54) is 10.9 Å². The molecule has 1 aromatic heterocycles. The second kappa shape index (κ2) is 7.41. The number of hydrogen-bond donors (Lipinski definition) is 1. The number of benzene rings is 1. The Bertz CT molecular complexity index is 578. The maximum atomic E-state index is 4.94. The Kier molecular flexibility index (Phi) is 5.57. The van der Waals surface area contributed by atoms with Crippen molar-refractivity contribution in [3.8, 4) is 0 Å². The van der Waals surface area contributed by atoms with Crippen molar-refractivity contribution in [2.75, 3.05) is 24.5 Å². The lowest BCUT2D eigenvalue weighted by Crippen LogP contribution is -2.30. The van der Waals surface area contributed by atoms with Crippen molar-refractivity contribution < 1.29 is 0 Å². The van der Waals surface area contributed by atoms with Crippen molar-refractivity contribution in [2.24, 2.45) is 5.92 Å². The van der Waals surface area contributed by atoms with Gasteiger partial charge in [-0.15, -0.1) is 0 Å². The maximum Gasteiger partial charge on any atom is 0.133 e. The van der Waals surface area contributed by atoms with E-state index >= 15 is 0 Å². The first-order valence-electron chi connectivity index (χ1n) is 8.00. The number of aromatic nitrogens is 1. The van der Waals surface area contributed by atoms with Crippen LogP contribution >= 0.6 is 0 Å². The van der Waals surface area contributed by atoms with E-state index < -0.39 is 0 Å². The number of hydrogen-bond acceptors (Lipinski definition) is 3. The molecule has 0 saturated heterocycles. The minimum absolute atomic E-state index is 0.630. The van der Waals surface area contributed by atoms with E-state index in [4.69, 9.17) is 4.98 Å². The van der Waals surface area contributed by atoms with Gasteiger partial charge in [-0.2, -0.15) is 0 Å². The van der Waals surface area contributed by atoms with Gasteiger partial charge in [0.1, 0.15) is 5.82 Å². The summed E-state index contributed by atoms with van der Waals surface area (Å²) in [5.74, 6) is 1.76. The molecule has 114 valence electrons. The number of nitrogens with one attached hydrogen (secondary N) is 1. The van der Waals surface area contributed by atoms with Gasteiger partial charge in [0, 0.05) is 30.6 Å². The zero-order chi connectivity index (χ0) is 15.2. The third-order valence-electron chi connectivity index (χ3n) is 3.61. The highest BCUT2D eigenvalue weighted by molar-refractivity contribution is 5.81. The number of anilines is 1. The summed E-state index contributed by atoms with van der Waals surface area (Å²) in [5.41, 5.74) is 2.37. The largest absolute Gasteiger partial charge is 0.356 e. The van der Waals surface area contributed by atoms with Crippen LogP contribution < -0.4 is 10.2 Å². The molecule has 2 rings (SSSR count). The van der Waals surface area contributed by atoms with Crippen molar-refractivity contribution in [3.63, 3.8) is 0 Å². The number of nitrogens with zero attached hydrogens (tertiary/aromatic N) is 2. The molecule has 0 saturated carbocycles. The van der Waals surface area contributed by atoms with Crippen molar-refractivity contribution in [2.45, 2.75) is 34.2 Å². The molecule has 0 atom stereocenters. The van der Waals surface area contributed by atoms with Gasteiger partial charge >= 0.3 is 0 Å². The first-order valence-corrected chi connectivity index (χ1v) is 8.00. The monoisotopic (exact) mass is 285 g/mol. The topological polar surface area (TPSA) is 28.2 Å². The summed E-state index contributed by atoms with van der Waals surface area (Å²) in [4.78, 5) is 7.33. The molecule has 1 aromatic carbocycles. The summed E-state index contributed by atoms with van der Waals surface area (Å²) in [5, 5.41) is 4.65. The van der Waals surface area contributed by atoms with Crippen molar-refractivity contribution in [3.05, 3.63) is 35.9 Å². The van der Waals surface area contributed by atoms with Crippen molar-refractivity contribution in [1.29, 1.82) is 0 Å². The van der Waals surface area contributed by atoms with Crippen LogP contribution in [0.2, 0.25) is 0 Å². The molecule has 2 aromatic rings. The molecular formula is C18H27N3. The lowest BCUT2D eigenvalue weighted by atomic mass is 10.1. The second-order valence-corrected chi connectivity index (χ2v) is 5.88. The van der Waals surface area contributed by atoms with Gasteiger partial charge in [0.15, 0.2) is 0 Å². The average molecular weight is 285 g/mol. The molecule has 21 heavy (non-hydrogen) atoms. The normalized spacial score (nSPS) is 11.3. The van der Waals surface area contributed by atoms with Crippen LogP contribution in [0.5, 0.6) is 0 Å². The van der Waals surface area contributed by atoms with Crippen molar-refractivity contribution in [1.82, 2.24) is 10.3 Å². The standard InChI is InChI=1S/C18H27N3/c1-5-19-12-16-11-15-9-7-8-10-17(15)20-18(16)21(6-2)13-14(3)4/h7-11,14,19H,5-6,12-13H2,1-4H3. The summed E-state index contributed by atoms with van der Waals surface area (Å²) < 4.78 is 0. The predicted molar refractivity (Wildman–Crippen MR) is 91.8 cm³/mol. The lowest BCUT2D eigenvalue weighted by Gasteiger charge is -2.27. The average Bonchev–Trinajstić information content (AvgIpc) is 2.49. The molecule has 0 aliphatic rings. The van der Waals surface area contributed by atoms with E-state index in [1.54, 1.807) is 0 Å². The van der Waals surface area contributed by atoms with Gasteiger partial charge < -0.3 is 10.2 Å². The molecule has 0 spiro atoms. The highest BCUT2D eigenvalue weighted by Crippen LogP contribution is 2.24. The fourth-order valence-electron chi connectivity index (χ4n) is 2.62. The molecule has 0 aliphatic carbocycles. The summed E-state index contributed by atoms with van der Waals surface area (Å²) in [6.07, 6.45) is 0. The molecular weight excluding hydrogens is 258 g/mol. The summed E-state index contributed by atoms with van der Waals surface area (Å²) >= 11 is 0. The molecule has 3 nitrogen and oxygen atoms in total. The van der Waals surface area contributed by atoms with Crippen LogP contribution in [0.3, 0.4) is 0 Å². The van der Waals surface area contributed by atoms with E-state index in [9.17, 15) is 0 Å². The van der Waals surface area contributed by atoms with Crippen LogP contribution in [-0.2, 0) is 6.54 Å². The summed E-state index contributed by atoms with van der Waals surface area (Å²) in [6.45, 7) is 12.7. The van der Waals surface area contributed by atoms with Crippen molar-refractivity contribution >= 4 is 16.7 Å². The minimum atomic E-state index is 0.630. The van der Waals surface area contributed by atoms with Gasteiger partial charge in [0.25, 0.3) is 0 Å². The fourth-order valence-corrected chi connectivity index (χ4v) is 2.62. The molecule has 3 heteroatoms. The van der Waals surface area contributed by atoms with Crippen LogP contribution in [0, 0.1) is 5.92 Å². The van der Waals surface area contributed by atoms with Crippen LogP contribution in [-0.4, -0.2) is 24.6 Å². The molecule has 1 N–H and O–H groups in total. The van der Waals surface area contributed by atoms with Crippen LogP contribution in [0.15, 0.2) is 30.3 Å². The fraction of sp³-hybridized carbons (Fsp3) is 0.500. The molecule has 0 amide bonds. The summed E-state index contributed by atoms with van der Waals surface area (Å²) in [7, 11) is 0.